The summed E-state index contributed by atoms with van der Waals surface area (Å²) in [5.41, 5.74) is 1.39. The lowest BCUT2D eigenvalue weighted by Gasteiger charge is -2.29. The maximum atomic E-state index is 14.3. The first kappa shape index (κ1) is 25.2. The standard InChI is InChI=1S/C25H28FNO8/c26-21-14-17(6-7-22(21)33-13-12-31-11-9-28)25-34-15-18(16-35-25)32-10-3-8-27-23(29)19-4-1-2-5-20(19)24(27)30/h1-2,4-7,14,18,25,28H,3,8-13,15-16H2. The summed E-state index contributed by atoms with van der Waals surface area (Å²) >= 11 is 0. The minimum Gasteiger partial charge on any atom is -0.488 e. The van der Waals surface area contributed by atoms with Crippen molar-refractivity contribution in [1.29, 1.82) is 0 Å². The molecule has 188 valence electrons. The van der Waals surface area contributed by atoms with Gasteiger partial charge in [-0.1, -0.05) is 18.2 Å². The van der Waals surface area contributed by atoms with Crippen LogP contribution in [-0.4, -0.2) is 80.7 Å². The van der Waals surface area contributed by atoms with E-state index in [1.807, 2.05) is 0 Å². The Morgan fingerprint density at radius 2 is 1.69 bits per heavy atom. The van der Waals surface area contributed by atoms with Gasteiger partial charge in [0.05, 0.1) is 44.2 Å². The van der Waals surface area contributed by atoms with Gasteiger partial charge in [-0.05, 0) is 30.7 Å². The SMILES string of the molecule is O=C1c2ccccc2C(=O)N1CCCOC1COC(c2ccc(OCCOCCO)c(F)c2)OC1. The first-order chi connectivity index (χ1) is 17.1. The van der Waals surface area contributed by atoms with Gasteiger partial charge in [0.2, 0.25) is 0 Å². The number of benzene rings is 2. The molecule has 10 heteroatoms. The number of carbonyl (C=O) groups excluding carboxylic acids is 2. The van der Waals surface area contributed by atoms with Gasteiger partial charge >= 0.3 is 0 Å². The minimum absolute atomic E-state index is 0.0772. The number of amides is 2. The van der Waals surface area contributed by atoms with E-state index in [1.165, 1.54) is 17.0 Å². The number of carbonyl (C=O) groups is 2. The number of aliphatic hydroxyl groups excluding tert-OH is 1. The molecule has 35 heavy (non-hydrogen) atoms. The van der Waals surface area contributed by atoms with Crippen LogP contribution in [0.5, 0.6) is 5.75 Å². The van der Waals surface area contributed by atoms with Gasteiger partial charge in [-0.25, -0.2) is 4.39 Å². The molecule has 0 atom stereocenters. The first-order valence-electron chi connectivity index (χ1n) is 11.5. The average Bonchev–Trinajstić information content (AvgIpc) is 3.12. The van der Waals surface area contributed by atoms with Gasteiger partial charge in [-0.15, -0.1) is 0 Å². The van der Waals surface area contributed by atoms with E-state index in [0.717, 1.165) is 0 Å². The van der Waals surface area contributed by atoms with Crippen LogP contribution in [0.15, 0.2) is 42.5 Å². The van der Waals surface area contributed by atoms with Crippen LogP contribution >= 0.6 is 0 Å². The van der Waals surface area contributed by atoms with Crippen molar-refractivity contribution in [2.24, 2.45) is 0 Å². The lowest BCUT2D eigenvalue weighted by atomic mass is 10.1. The van der Waals surface area contributed by atoms with E-state index in [-0.39, 0.29) is 69.9 Å². The Balaban J connectivity index is 1.16. The van der Waals surface area contributed by atoms with E-state index >= 15 is 0 Å². The number of nitrogens with zero attached hydrogens (tertiary/aromatic N) is 1. The molecule has 0 saturated carbocycles. The Labute approximate surface area is 202 Å². The van der Waals surface area contributed by atoms with E-state index < -0.39 is 12.1 Å². The number of halogens is 1. The molecule has 2 heterocycles. The predicted octanol–water partition coefficient (Wildman–Crippen LogP) is 2.33. The molecule has 0 aromatic heterocycles. The maximum absolute atomic E-state index is 14.3. The van der Waals surface area contributed by atoms with Crippen LogP contribution in [0.1, 0.15) is 39.0 Å². The summed E-state index contributed by atoms with van der Waals surface area (Å²) in [5, 5.41) is 8.66. The Morgan fingerprint density at radius 3 is 2.34 bits per heavy atom. The lowest BCUT2D eigenvalue weighted by Crippen LogP contribution is -2.35. The van der Waals surface area contributed by atoms with E-state index in [9.17, 15) is 14.0 Å². The Bertz CT molecular complexity index is 989. The van der Waals surface area contributed by atoms with Gasteiger partial charge < -0.3 is 28.8 Å². The number of hydrogen-bond acceptors (Lipinski definition) is 8. The van der Waals surface area contributed by atoms with Crippen molar-refractivity contribution >= 4 is 11.8 Å². The Kier molecular flexibility index (Phi) is 8.78. The highest BCUT2D eigenvalue weighted by Crippen LogP contribution is 2.28. The molecule has 1 fully saturated rings. The Hall–Kier alpha value is -2.89. The molecule has 2 amide bonds. The monoisotopic (exact) mass is 489 g/mol. The van der Waals surface area contributed by atoms with Gasteiger partial charge in [0.1, 0.15) is 12.7 Å². The van der Waals surface area contributed by atoms with E-state index in [4.69, 9.17) is 28.8 Å². The predicted molar refractivity (Wildman–Crippen MR) is 121 cm³/mol. The van der Waals surface area contributed by atoms with Crippen molar-refractivity contribution in [3.05, 3.63) is 65.0 Å². The molecule has 9 nitrogen and oxygen atoms in total. The molecule has 1 N–H and O–H groups in total. The third kappa shape index (κ3) is 6.22. The van der Waals surface area contributed by atoms with Crippen LogP contribution in [0, 0.1) is 5.82 Å². The summed E-state index contributed by atoms with van der Waals surface area (Å²) in [5.74, 6) is -1.01. The Morgan fingerprint density at radius 1 is 0.971 bits per heavy atom. The number of hydrogen-bond donors (Lipinski definition) is 1. The molecule has 1 saturated heterocycles. The van der Waals surface area contributed by atoms with Crippen molar-refractivity contribution < 1.29 is 42.8 Å². The van der Waals surface area contributed by atoms with Crippen molar-refractivity contribution in [3.8, 4) is 5.75 Å². The summed E-state index contributed by atoms with van der Waals surface area (Å²) in [6.45, 7) is 1.67. The maximum Gasteiger partial charge on any atom is 0.261 e. The summed E-state index contributed by atoms with van der Waals surface area (Å²) in [6.07, 6.45) is -0.534. The molecule has 0 unspecified atom stereocenters. The third-order valence-corrected chi connectivity index (χ3v) is 5.57. The molecule has 2 aromatic rings. The molecule has 2 aromatic carbocycles. The molecule has 2 aliphatic heterocycles. The van der Waals surface area contributed by atoms with Crippen LogP contribution in [0.3, 0.4) is 0 Å². The zero-order valence-electron chi connectivity index (χ0n) is 19.2. The van der Waals surface area contributed by atoms with E-state index in [1.54, 1.807) is 30.3 Å². The van der Waals surface area contributed by atoms with Crippen molar-refractivity contribution in [1.82, 2.24) is 4.90 Å². The van der Waals surface area contributed by atoms with Crippen LogP contribution < -0.4 is 4.74 Å². The molecule has 0 spiro atoms. The average molecular weight is 489 g/mol. The normalized spacial score (nSPS) is 19.8. The van der Waals surface area contributed by atoms with Gasteiger partial charge in [-0.3, -0.25) is 14.5 Å². The number of rotatable bonds is 12. The van der Waals surface area contributed by atoms with Crippen molar-refractivity contribution in [3.63, 3.8) is 0 Å². The quantitative estimate of drug-likeness (QED) is 0.358. The molecular formula is C25H28FNO8. The fourth-order valence-electron chi connectivity index (χ4n) is 3.85. The highest BCUT2D eigenvalue weighted by molar-refractivity contribution is 6.21. The summed E-state index contributed by atoms with van der Waals surface area (Å²) < 4.78 is 41.9. The third-order valence-electron chi connectivity index (χ3n) is 5.57. The highest BCUT2D eigenvalue weighted by atomic mass is 19.1. The van der Waals surface area contributed by atoms with Crippen LogP contribution in [0.4, 0.5) is 4.39 Å². The minimum atomic E-state index is -0.718. The van der Waals surface area contributed by atoms with E-state index in [0.29, 0.717) is 29.7 Å². The highest BCUT2D eigenvalue weighted by Gasteiger charge is 2.34. The van der Waals surface area contributed by atoms with Gasteiger partial charge in [0.25, 0.3) is 11.8 Å². The number of fused-ring (bicyclic) bond motifs is 1. The lowest BCUT2D eigenvalue weighted by molar-refractivity contribution is -0.230. The second kappa shape index (κ2) is 12.2. The van der Waals surface area contributed by atoms with Crippen molar-refractivity contribution in [2.45, 2.75) is 18.8 Å². The van der Waals surface area contributed by atoms with Gasteiger partial charge in [-0.2, -0.15) is 0 Å². The molecule has 4 rings (SSSR count). The molecule has 0 aliphatic carbocycles. The molecular weight excluding hydrogens is 461 g/mol. The van der Waals surface area contributed by atoms with Gasteiger partial charge in [0, 0.05) is 18.7 Å². The van der Waals surface area contributed by atoms with Crippen LogP contribution in [0.2, 0.25) is 0 Å². The van der Waals surface area contributed by atoms with E-state index in [2.05, 4.69) is 0 Å². The molecule has 2 aliphatic rings. The molecule has 0 radical (unpaired) electrons. The zero-order chi connectivity index (χ0) is 24.6. The summed E-state index contributed by atoms with van der Waals surface area (Å²) in [4.78, 5) is 26.0. The zero-order valence-corrected chi connectivity index (χ0v) is 19.2. The second-order valence-electron chi connectivity index (χ2n) is 8.03. The fraction of sp³-hybridized carbons (Fsp3) is 0.440. The fourth-order valence-corrected chi connectivity index (χ4v) is 3.85. The first-order valence-corrected chi connectivity index (χ1v) is 11.5. The summed E-state index contributed by atoms with van der Waals surface area (Å²) in [7, 11) is 0. The van der Waals surface area contributed by atoms with Gasteiger partial charge in [0.15, 0.2) is 17.9 Å². The number of imide groups is 1. The van der Waals surface area contributed by atoms with Crippen LogP contribution in [-0.2, 0) is 18.9 Å². The molecule has 0 bridgehead atoms. The number of aliphatic hydroxyl groups is 1. The number of ether oxygens (including phenoxy) is 5. The topological polar surface area (TPSA) is 104 Å². The second-order valence-corrected chi connectivity index (χ2v) is 8.03. The summed E-state index contributed by atoms with van der Waals surface area (Å²) in [6, 6.07) is 11.3. The largest absolute Gasteiger partial charge is 0.488 e. The smallest absolute Gasteiger partial charge is 0.261 e. The van der Waals surface area contributed by atoms with Crippen LogP contribution in [0.25, 0.3) is 0 Å². The van der Waals surface area contributed by atoms with Crippen molar-refractivity contribution in [2.75, 3.05) is 52.8 Å².